The number of hydrogen-bond acceptors (Lipinski definition) is 3. The molecule has 1 atom stereocenters. The Kier molecular flexibility index (Phi) is 4.93. The first-order valence-corrected chi connectivity index (χ1v) is 7.12. The van der Waals surface area contributed by atoms with Crippen LogP contribution in [0.25, 0.3) is 0 Å². The molecular formula is C16H19N3O3. The first kappa shape index (κ1) is 15.8. The average Bonchev–Trinajstić information content (AvgIpc) is 2.49. The summed E-state index contributed by atoms with van der Waals surface area (Å²) in [6, 6.07) is 11.8. The first-order chi connectivity index (χ1) is 10.5. The van der Waals surface area contributed by atoms with Crippen LogP contribution >= 0.6 is 0 Å². The normalized spacial score (nSPS) is 12.1. The van der Waals surface area contributed by atoms with E-state index in [9.17, 15) is 14.4 Å². The van der Waals surface area contributed by atoms with Crippen molar-refractivity contribution in [1.29, 1.82) is 0 Å². The molecule has 0 unspecified atom stereocenters. The van der Waals surface area contributed by atoms with Crippen LogP contribution < -0.4 is 16.4 Å². The summed E-state index contributed by atoms with van der Waals surface area (Å²) < 4.78 is 1.00. The van der Waals surface area contributed by atoms with Gasteiger partial charge in [-0.2, -0.15) is 0 Å². The molecule has 0 saturated carbocycles. The van der Waals surface area contributed by atoms with Crippen molar-refractivity contribution in [2.24, 2.45) is 5.92 Å². The molecule has 0 fully saturated rings. The van der Waals surface area contributed by atoms with Gasteiger partial charge in [-0.05, 0) is 11.5 Å². The number of aromatic amines is 1. The summed E-state index contributed by atoms with van der Waals surface area (Å²) >= 11 is 0. The Labute approximate surface area is 127 Å². The van der Waals surface area contributed by atoms with Gasteiger partial charge in [0.15, 0.2) is 0 Å². The van der Waals surface area contributed by atoms with Gasteiger partial charge in [-0.3, -0.25) is 19.5 Å². The average molecular weight is 301 g/mol. The van der Waals surface area contributed by atoms with E-state index in [-0.39, 0.29) is 24.4 Å². The molecule has 0 aliphatic carbocycles. The molecule has 6 nitrogen and oxygen atoms in total. The van der Waals surface area contributed by atoms with Gasteiger partial charge < -0.3 is 5.32 Å². The topological polar surface area (TPSA) is 84.0 Å². The number of benzene rings is 1. The van der Waals surface area contributed by atoms with Gasteiger partial charge in [-0.15, -0.1) is 0 Å². The van der Waals surface area contributed by atoms with E-state index in [0.29, 0.717) is 0 Å². The largest absolute Gasteiger partial charge is 0.347 e. The van der Waals surface area contributed by atoms with Crippen LogP contribution in [0.2, 0.25) is 0 Å². The van der Waals surface area contributed by atoms with Crippen LogP contribution in [0.3, 0.4) is 0 Å². The summed E-state index contributed by atoms with van der Waals surface area (Å²) in [7, 11) is 0. The highest BCUT2D eigenvalue weighted by Crippen LogP contribution is 2.21. The number of hydrogen-bond donors (Lipinski definition) is 2. The van der Waals surface area contributed by atoms with Crippen LogP contribution in [0.5, 0.6) is 0 Å². The lowest BCUT2D eigenvalue weighted by molar-refractivity contribution is -0.123. The summed E-state index contributed by atoms with van der Waals surface area (Å²) in [4.78, 5) is 35.0. The van der Waals surface area contributed by atoms with Crippen LogP contribution in [0.1, 0.15) is 25.5 Å². The summed E-state index contributed by atoms with van der Waals surface area (Å²) in [5.41, 5.74) is 0.158. The molecule has 1 aromatic heterocycles. The van der Waals surface area contributed by atoms with Crippen LogP contribution in [0, 0.1) is 5.92 Å². The van der Waals surface area contributed by atoms with E-state index in [4.69, 9.17) is 0 Å². The van der Waals surface area contributed by atoms with E-state index >= 15 is 0 Å². The van der Waals surface area contributed by atoms with Crippen molar-refractivity contribution in [3.8, 4) is 0 Å². The second-order valence-electron chi connectivity index (χ2n) is 5.43. The highest BCUT2D eigenvalue weighted by Gasteiger charge is 2.18. The lowest BCUT2D eigenvalue weighted by Crippen LogP contribution is -2.38. The van der Waals surface area contributed by atoms with Crippen molar-refractivity contribution in [3.05, 3.63) is 68.7 Å². The van der Waals surface area contributed by atoms with Gasteiger partial charge in [0.1, 0.15) is 6.54 Å². The van der Waals surface area contributed by atoms with E-state index in [1.807, 2.05) is 44.2 Å². The first-order valence-electron chi connectivity index (χ1n) is 7.12. The Morgan fingerprint density at radius 1 is 1.14 bits per heavy atom. The molecule has 116 valence electrons. The molecule has 2 rings (SSSR count). The van der Waals surface area contributed by atoms with Gasteiger partial charge in [0, 0.05) is 12.1 Å². The van der Waals surface area contributed by atoms with Crippen molar-refractivity contribution in [1.82, 2.24) is 15.1 Å². The zero-order valence-electron chi connectivity index (χ0n) is 12.6. The monoisotopic (exact) mass is 301 g/mol. The number of nitrogens with zero attached hydrogens (tertiary/aromatic N) is 1. The van der Waals surface area contributed by atoms with E-state index in [1.165, 1.54) is 0 Å². The number of nitrogens with one attached hydrogen (secondary N) is 2. The molecule has 0 spiro atoms. The highest BCUT2D eigenvalue weighted by molar-refractivity contribution is 5.76. The molecule has 2 aromatic rings. The summed E-state index contributed by atoms with van der Waals surface area (Å²) in [6.45, 7) is 3.80. The Morgan fingerprint density at radius 2 is 1.82 bits per heavy atom. The molecule has 1 aromatic carbocycles. The van der Waals surface area contributed by atoms with Gasteiger partial charge in [0.2, 0.25) is 5.91 Å². The standard InChI is InChI=1S/C16H19N3O3/c1-11(2)16(12-6-4-3-5-7-12)17-14(21)10-19-15(22)9-8-13(20)18-19/h3-9,11,16H,10H2,1-2H3,(H,17,21)(H,18,20)/t16-/m0/s1. The van der Waals surface area contributed by atoms with E-state index in [0.717, 1.165) is 22.4 Å². The van der Waals surface area contributed by atoms with Crippen LogP contribution in [0.15, 0.2) is 52.1 Å². The minimum absolute atomic E-state index is 0.153. The molecule has 0 saturated heterocycles. The van der Waals surface area contributed by atoms with E-state index in [1.54, 1.807) is 0 Å². The fourth-order valence-corrected chi connectivity index (χ4v) is 2.24. The zero-order valence-corrected chi connectivity index (χ0v) is 12.6. The molecule has 0 bridgehead atoms. The predicted octanol–water partition coefficient (Wildman–Crippen LogP) is 1.05. The van der Waals surface area contributed by atoms with Crippen molar-refractivity contribution in [3.63, 3.8) is 0 Å². The smallest absolute Gasteiger partial charge is 0.265 e. The van der Waals surface area contributed by atoms with Gasteiger partial charge in [0.05, 0.1) is 6.04 Å². The molecule has 6 heteroatoms. The van der Waals surface area contributed by atoms with Gasteiger partial charge in [-0.1, -0.05) is 44.2 Å². The van der Waals surface area contributed by atoms with Crippen LogP contribution in [-0.2, 0) is 11.3 Å². The number of rotatable bonds is 5. The molecule has 1 heterocycles. The molecule has 22 heavy (non-hydrogen) atoms. The maximum Gasteiger partial charge on any atom is 0.265 e. The Bertz CT molecular complexity index is 747. The molecule has 0 radical (unpaired) electrons. The lowest BCUT2D eigenvalue weighted by atomic mass is 9.96. The minimum atomic E-state index is -0.421. The van der Waals surface area contributed by atoms with E-state index < -0.39 is 11.1 Å². The maximum atomic E-state index is 12.2. The molecule has 0 aliphatic rings. The second kappa shape index (κ2) is 6.89. The third-order valence-corrected chi connectivity index (χ3v) is 3.33. The maximum absolute atomic E-state index is 12.2. The fraction of sp³-hybridized carbons (Fsp3) is 0.312. The third kappa shape index (κ3) is 3.94. The second-order valence-corrected chi connectivity index (χ2v) is 5.43. The fourth-order valence-electron chi connectivity index (χ4n) is 2.24. The number of H-pyrrole nitrogens is 1. The van der Waals surface area contributed by atoms with Crippen molar-refractivity contribution < 1.29 is 4.79 Å². The number of aromatic nitrogens is 2. The Hall–Kier alpha value is -2.63. The van der Waals surface area contributed by atoms with Gasteiger partial charge >= 0.3 is 0 Å². The Balaban J connectivity index is 2.14. The summed E-state index contributed by atoms with van der Waals surface area (Å²) in [6.07, 6.45) is 0. The van der Waals surface area contributed by atoms with Crippen molar-refractivity contribution >= 4 is 5.91 Å². The highest BCUT2D eigenvalue weighted by atomic mass is 16.2. The number of carbonyl (C=O) groups excluding carboxylic acids is 1. The molecule has 0 aliphatic heterocycles. The quantitative estimate of drug-likeness (QED) is 0.866. The zero-order chi connectivity index (χ0) is 16.1. The van der Waals surface area contributed by atoms with Gasteiger partial charge in [0.25, 0.3) is 11.1 Å². The van der Waals surface area contributed by atoms with Crippen molar-refractivity contribution in [2.45, 2.75) is 26.4 Å². The Morgan fingerprint density at radius 3 is 2.45 bits per heavy atom. The van der Waals surface area contributed by atoms with Crippen molar-refractivity contribution in [2.75, 3.05) is 0 Å². The number of carbonyl (C=O) groups is 1. The number of amides is 1. The molecule has 1 amide bonds. The van der Waals surface area contributed by atoms with Crippen LogP contribution in [0.4, 0.5) is 0 Å². The minimum Gasteiger partial charge on any atom is -0.347 e. The molecule has 2 N–H and O–H groups in total. The van der Waals surface area contributed by atoms with Gasteiger partial charge in [-0.25, -0.2) is 4.68 Å². The third-order valence-electron chi connectivity index (χ3n) is 3.33. The van der Waals surface area contributed by atoms with E-state index in [2.05, 4.69) is 10.4 Å². The SMILES string of the molecule is CC(C)[C@H](NC(=O)Cn1[nH]c(=O)ccc1=O)c1ccccc1. The lowest BCUT2D eigenvalue weighted by Gasteiger charge is -2.23. The predicted molar refractivity (Wildman–Crippen MR) is 83.5 cm³/mol. The molecular weight excluding hydrogens is 282 g/mol. The summed E-state index contributed by atoms with van der Waals surface area (Å²) in [5, 5.41) is 5.24. The van der Waals surface area contributed by atoms with Crippen LogP contribution in [-0.4, -0.2) is 15.7 Å². The summed E-state index contributed by atoms with van der Waals surface area (Å²) in [5.74, 6) is -0.135.